The lowest BCUT2D eigenvalue weighted by Gasteiger charge is -2.23. The van der Waals surface area contributed by atoms with Gasteiger partial charge in [-0.15, -0.1) is 0 Å². The molecule has 0 N–H and O–H groups in total. The second-order valence-corrected chi connectivity index (χ2v) is 4.79. The van der Waals surface area contributed by atoms with E-state index in [-0.39, 0.29) is 0 Å². The minimum atomic E-state index is 0.557. The molecule has 2 heterocycles. The maximum absolute atomic E-state index is 2.55. The predicted octanol–water partition coefficient (Wildman–Crippen LogP) is 2.01. The smallest absolute Gasteiger partial charge is 0.0821 e. The van der Waals surface area contributed by atoms with Crippen molar-refractivity contribution in [1.29, 1.82) is 0 Å². The monoisotopic (exact) mass is 214 g/mol. The second kappa shape index (κ2) is 4.04. The first kappa shape index (κ1) is 10.1. The van der Waals surface area contributed by atoms with Crippen molar-refractivity contribution in [3.8, 4) is 0 Å². The Balaban J connectivity index is 1.71. The molecule has 1 saturated heterocycles. The molecule has 16 heavy (non-hydrogen) atoms. The summed E-state index contributed by atoms with van der Waals surface area (Å²) in [5, 5.41) is 0. The summed E-state index contributed by atoms with van der Waals surface area (Å²) in [4.78, 5) is 5.07. The SMILES string of the molecule is Cc1ccc(CN2CCN3CC=CC32)cc1. The molecule has 1 aromatic rings. The molecule has 84 valence electrons. The van der Waals surface area contributed by atoms with E-state index in [1.54, 1.807) is 0 Å². The molecule has 2 heteroatoms. The average Bonchev–Trinajstić information content (AvgIpc) is 2.86. The number of fused-ring (bicyclic) bond motifs is 1. The number of nitrogens with zero attached hydrogens (tertiary/aromatic N) is 2. The molecule has 1 atom stereocenters. The van der Waals surface area contributed by atoms with Crippen LogP contribution in [0.4, 0.5) is 0 Å². The van der Waals surface area contributed by atoms with Crippen LogP contribution in [-0.4, -0.2) is 35.6 Å². The summed E-state index contributed by atoms with van der Waals surface area (Å²) in [6, 6.07) is 8.90. The van der Waals surface area contributed by atoms with Gasteiger partial charge in [0.1, 0.15) is 0 Å². The topological polar surface area (TPSA) is 6.48 Å². The molecule has 2 nitrogen and oxygen atoms in total. The Bertz CT molecular complexity index is 394. The van der Waals surface area contributed by atoms with E-state index in [1.807, 2.05) is 0 Å². The Kier molecular flexibility index (Phi) is 2.54. The fourth-order valence-electron chi connectivity index (χ4n) is 2.61. The number of rotatable bonds is 2. The van der Waals surface area contributed by atoms with E-state index in [2.05, 4.69) is 53.1 Å². The third-order valence-corrected chi connectivity index (χ3v) is 3.58. The van der Waals surface area contributed by atoms with Crippen LogP contribution in [0.5, 0.6) is 0 Å². The van der Waals surface area contributed by atoms with Gasteiger partial charge in [0.2, 0.25) is 0 Å². The lowest BCUT2D eigenvalue weighted by Crippen LogP contribution is -2.33. The van der Waals surface area contributed by atoms with Crippen molar-refractivity contribution in [3.63, 3.8) is 0 Å². The van der Waals surface area contributed by atoms with Crippen molar-refractivity contribution < 1.29 is 0 Å². The van der Waals surface area contributed by atoms with Crippen molar-refractivity contribution in [3.05, 3.63) is 47.5 Å². The van der Waals surface area contributed by atoms with Gasteiger partial charge < -0.3 is 0 Å². The maximum atomic E-state index is 2.55. The molecule has 0 radical (unpaired) electrons. The predicted molar refractivity (Wildman–Crippen MR) is 66.1 cm³/mol. The molecule has 0 amide bonds. The largest absolute Gasteiger partial charge is 0.280 e. The molecule has 3 rings (SSSR count). The lowest BCUT2D eigenvalue weighted by atomic mass is 10.1. The van der Waals surface area contributed by atoms with E-state index in [0.717, 1.165) is 13.1 Å². The van der Waals surface area contributed by atoms with Crippen LogP contribution >= 0.6 is 0 Å². The Labute approximate surface area is 97.2 Å². The van der Waals surface area contributed by atoms with Crippen LogP contribution in [0.2, 0.25) is 0 Å². The molecule has 0 aliphatic carbocycles. The van der Waals surface area contributed by atoms with Gasteiger partial charge in [0.25, 0.3) is 0 Å². The highest BCUT2D eigenvalue weighted by Crippen LogP contribution is 2.22. The Morgan fingerprint density at radius 1 is 1.19 bits per heavy atom. The van der Waals surface area contributed by atoms with Gasteiger partial charge in [-0.05, 0) is 12.5 Å². The van der Waals surface area contributed by atoms with Crippen LogP contribution in [0.25, 0.3) is 0 Å². The number of benzene rings is 1. The van der Waals surface area contributed by atoms with Gasteiger partial charge in [-0.3, -0.25) is 9.80 Å². The summed E-state index contributed by atoms with van der Waals surface area (Å²) in [5.74, 6) is 0. The van der Waals surface area contributed by atoms with Crippen molar-refractivity contribution >= 4 is 0 Å². The summed E-state index contributed by atoms with van der Waals surface area (Å²) < 4.78 is 0. The zero-order chi connectivity index (χ0) is 11.0. The van der Waals surface area contributed by atoms with Crippen LogP contribution < -0.4 is 0 Å². The van der Waals surface area contributed by atoms with Crippen molar-refractivity contribution in [2.24, 2.45) is 0 Å². The molecule has 0 bridgehead atoms. The van der Waals surface area contributed by atoms with E-state index in [1.165, 1.54) is 24.2 Å². The molecule has 2 aliphatic heterocycles. The third kappa shape index (κ3) is 1.79. The Morgan fingerprint density at radius 2 is 2.00 bits per heavy atom. The fourth-order valence-corrected chi connectivity index (χ4v) is 2.61. The summed E-state index contributed by atoms with van der Waals surface area (Å²) in [7, 11) is 0. The number of hydrogen-bond donors (Lipinski definition) is 0. The Hall–Kier alpha value is -1.12. The first-order valence-electron chi connectivity index (χ1n) is 6.03. The minimum Gasteiger partial charge on any atom is -0.280 e. The zero-order valence-corrected chi connectivity index (χ0v) is 9.76. The summed E-state index contributed by atoms with van der Waals surface area (Å²) in [6.07, 6.45) is 5.17. The highest BCUT2D eigenvalue weighted by molar-refractivity contribution is 5.22. The van der Waals surface area contributed by atoms with Gasteiger partial charge in [0.05, 0.1) is 6.17 Å². The number of aryl methyl sites for hydroxylation is 1. The number of hydrogen-bond acceptors (Lipinski definition) is 2. The minimum absolute atomic E-state index is 0.557. The molecular weight excluding hydrogens is 196 g/mol. The average molecular weight is 214 g/mol. The third-order valence-electron chi connectivity index (χ3n) is 3.58. The molecule has 0 aromatic heterocycles. The van der Waals surface area contributed by atoms with Gasteiger partial charge in [-0.25, -0.2) is 0 Å². The van der Waals surface area contributed by atoms with E-state index < -0.39 is 0 Å². The van der Waals surface area contributed by atoms with Crippen molar-refractivity contribution in [2.45, 2.75) is 19.6 Å². The molecule has 1 unspecified atom stereocenters. The highest BCUT2D eigenvalue weighted by Gasteiger charge is 2.31. The summed E-state index contributed by atoms with van der Waals surface area (Å²) in [5.41, 5.74) is 2.76. The standard InChI is InChI=1S/C14H18N2/c1-12-4-6-13(7-5-12)11-16-10-9-15-8-2-3-14(15)16/h2-7,14H,8-11H2,1H3. The van der Waals surface area contributed by atoms with Gasteiger partial charge in [0, 0.05) is 26.2 Å². The molecule has 0 spiro atoms. The van der Waals surface area contributed by atoms with Gasteiger partial charge in [0.15, 0.2) is 0 Å². The van der Waals surface area contributed by atoms with E-state index in [4.69, 9.17) is 0 Å². The van der Waals surface area contributed by atoms with Crippen LogP contribution in [0.15, 0.2) is 36.4 Å². The van der Waals surface area contributed by atoms with Crippen LogP contribution in [0, 0.1) is 6.92 Å². The summed E-state index contributed by atoms with van der Waals surface area (Å²) >= 11 is 0. The van der Waals surface area contributed by atoms with Crippen LogP contribution in [0.1, 0.15) is 11.1 Å². The zero-order valence-electron chi connectivity index (χ0n) is 9.76. The quantitative estimate of drug-likeness (QED) is 0.695. The maximum Gasteiger partial charge on any atom is 0.0821 e. The molecular formula is C14H18N2. The van der Waals surface area contributed by atoms with Crippen molar-refractivity contribution in [2.75, 3.05) is 19.6 Å². The lowest BCUT2D eigenvalue weighted by molar-refractivity contribution is 0.198. The first-order chi connectivity index (χ1) is 7.83. The van der Waals surface area contributed by atoms with E-state index >= 15 is 0 Å². The van der Waals surface area contributed by atoms with E-state index in [9.17, 15) is 0 Å². The molecule has 0 saturated carbocycles. The molecule has 1 fully saturated rings. The molecule has 2 aliphatic rings. The van der Waals surface area contributed by atoms with E-state index in [0.29, 0.717) is 6.17 Å². The summed E-state index contributed by atoms with van der Waals surface area (Å²) in [6.45, 7) is 6.76. The first-order valence-corrected chi connectivity index (χ1v) is 6.03. The van der Waals surface area contributed by atoms with Crippen LogP contribution in [-0.2, 0) is 6.54 Å². The second-order valence-electron chi connectivity index (χ2n) is 4.79. The fraction of sp³-hybridized carbons (Fsp3) is 0.429. The van der Waals surface area contributed by atoms with Gasteiger partial charge >= 0.3 is 0 Å². The Morgan fingerprint density at radius 3 is 2.81 bits per heavy atom. The van der Waals surface area contributed by atoms with Crippen LogP contribution in [0.3, 0.4) is 0 Å². The van der Waals surface area contributed by atoms with Crippen molar-refractivity contribution in [1.82, 2.24) is 9.80 Å². The highest BCUT2D eigenvalue weighted by atomic mass is 15.4. The normalized spacial score (nSPS) is 25.2. The van der Waals surface area contributed by atoms with Gasteiger partial charge in [-0.2, -0.15) is 0 Å². The molecule has 1 aromatic carbocycles. The van der Waals surface area contributed by atoms with Gasteiger partial charge in [-0.1, -0.05) is 42.0 Å².